The smallest absolute Gasteiger partial charge is 0.274 e. The molecule has 8 nitrogen and oxygen atoms in total. The van der Waals surface area contributed by atoms with Gasteiger partial charge in [0.15, 0.2) is 5.82 Å². The Bertz CT molecular complexity index is 995. The third-order valence-electron chi connectivity index (χ3n) is 4.72. The molecule has 1 aliphatic rings. The topological polar surface area (TPSA) is 90.3 Å². The van der Waals surface area contributed by atoms with Crippen LogP contribution in [0.2, 0.25) is 0 Å². The van der Waals surface area contributed by atoms with Crippen molar-refractivity contribution in [1.29, 1.82) is 0 Å². The first-order valence-corrected chi connectivity index (χ1v) is 9.38. The molecule has 1 amide bonds. The highest BCUT2D eigenvalue weighted by molar-refractivity contribution is 5.92. The van der Waals surface area contributed by atoms with Gasteiger partial charge in [0.2, 0.25) is 5.88 Å². The van der Waals surface area contributed by atoms with E-state index >= 15 is 0 Å². The summed E-state index contributed by atoms with van der Waals surface area (Å²) in [4.78, 5) is 31.9. The number of carbonyl (C=O) groups excluding carboxylic acids is 1. The molecule has 1 saturated heterocycles. The Balaban J connectivity index is 1.58. The van der Waals surface area contributed by atoms with Crippen molar-refractivity contribution in [2.24, 2.45) is 0 Å². The first kappa shape index (κ1) is 18.8. The van der Waals surface area contributed by atoms with E-state index in [0.29, 0.717) is 29.7 Å². The second kappa shape index (κ2) is 8.22. The van der Waals surface area contributed by atoms with E-state index in [1.807, 2.05) is 31.2 Å². The predicted molar refractivity (Wildman–Crippen MR) is 105 cm³/mol. The monoisotopic (exact) mass is 391 g/mol. The molecule has 148 valence electrons. The lowest BCUT2D eigenvalue weighted by atomic mass is 10.2. The lowest BCUT2D eigenvalue weighted by Crippen LogP contribution is -2.32. The van der Waals surface area contributed by atoms with Crippen LogP contribution in [-0.2, 0) is 0 Å². The summed E-state index contributed by atoms with van der Waals surface area (Å²) >= 11 is 0. The van der Waals surface area contributed by atoms with Crippen LogP contribution in [0.15, 0.2) is 48.9 Å². The van der Waals surface area contributed by atoms with Crippen LogP contribution in [0.5, 0.6) is 17.4 Å². The van der Waals surface area contributed by atoms with Crippen molar-refractivity contribution in [2.45, 2.75) is 25.8 Å². The number of aryl methyl sites for hydroxylation is 1. The molecular weight excluding hydrogens is 370 g/mol. The summed E-state index contributed by atoms with van der Waals surface area (Å²) in [5.74, 6) is 2.25. The maximum Gasteiger partial charge on any atom is 0.274 e. The molecule has 1 fully saturated rings. The number of ether oxygens (including phenoxy) is 2. The molecule has 0 radical (unpaired) electrons. The molecule has 4 rings (SSSR count). The highest BCUT2D eigenvalue weighted by atomic mass is 16.5. The van der Waals surface area contributed by atoms with Gasteiger partial charge in [0.1, 0.15) is 17.2 Å². The first-order chi connectivity index (χ1) is 14.1. The highest BCUT2D eigenvalue weighted by Gasteiger charge is 2.33. The summed E-state index contributed by atoms with van der Waals surface area (Å²) in [7, 11) is 1.62. The van der Waals surface area contributed by atoms with E-state index < -0.39 is 0 Å². The summed E-state index contributed by atoms with van der Waals surface area (Å²) in [6, 6.07) is 8.83. The Morgan fingerprint density at radius 3 is 2.66 bits per heavy atom. The number of benzene rings is 1. The molecule has 1 aromatic carbocycles. The van der Waals surface area contributed by atoms with Crippen molar-refractivity contribution in [2.75, 3.05) is 13.7 Å². The molecule has 8 heteroatoms. The van der Waals surface area contributed by atoms with Gasteiger partial charge in [-0.3, -0.25) is 9.78 Å². The van der Waals surface area contributed by atoms with Crippen LogP contribution < -0.4 is 9.47 Å². The molecule has 1 unspecified atom stereocenters. The van der Waals surface area contributed by atoms with Gasteiger partial charge in [0, 0.05) is 30.7 Å². The number of carbonyl (C=O) groups is 1. The zero-order valence-corrected chi connectivity index (χ0v) is 16.3. The van der Waals surface area contributed by atoms with Gasteiger partial charge in [-0.05, 0) is 44.0 Å². The highest BCUT2D eigenvalue weighted by Crippen LogP contribution is 2.32. The SMILES string of the molecule is COc1ccc(Oc2cc(C)nc(C3CCCN3C(=O)c3cnccn3)n2)cc1. The number of hydrogen-bond acceptors (Lipinski definition) is 7. The Kier molecular flexibility index (Phi) is 5.33. The summed E-state index contributed by atoms with van der Waals surface area (Å²) in [5.41, 5.74) is 1.10. The zero-order chi connectivity index (χ0) is 20.2. The van der Waals surface area contributed by atoms with Gasteiger partial charge in [0.25, 0.3) is 5.91 Å². The summed E-state index contributed by atoms with van der Waals surface area (Å²) in [6.07, 6.45) is 6.21. The average molecular weight is 391 g/mol. The van der Waals surface area contributed by atoms with Gasteiger partial charge >= 0.3 is 0 Å². The van der Waals surface area contributed by atoms with E-state index in [1.165, 1.54) is 12.4 Å². The molecule has 0 spiro atoms. The lowest BCUT2D eigenvalue weighted by Gasteiger charge is -2.23. The number of likely N-dealkylation sites (tertiary alicyclic amines) is 1. The van der Waals surface area contributed by atoms with E-state index in [0.717, 1.165) is 24.3 Å². The fourth-order valence-corrected chi connectivity index (χ4v) is 3.36. The zero-order valence-electron chi connectivity index (χ0n) is 16.3. The quantitative estimate of drug-likeness (QED) is 0.659. The molecule has 3 heterocycles. The number of amides is 1. The molecule has 0 aliphatic carbocycles. The van der Waals surface area contributed by atoms with E-state index in [-0.39, 0.29) is 11.9 Å². The lowest BCUT2D eigenvalue weighted by molar-refractivity contribution is 0.0722. The van der Waals surface area contributed by atoms with Crippen LogP contribution in [0.3, 0.4) is 0 Å². The van der Waals surface area contributed by atoms with Gasteiger partial charge in [-0.2, -0.15) is 4.98 Å². The molecule has 1 aliphatic heterocycles. The Morgan fingerprint density at radius 1 is 1.14 bits per heavy atom. The summed E-state index contributed by atoms with van der Waals surface area (Å²) in [5, 5.41) is 0. The van der Waals surface area contributed by atoms with Gasteiger partial charge < -0.3 is 14.4 Å². The molecule has 0 bridgehead atoms. The van der Waals surface area contributed by atoms with Gasteiger partial charge in [0.05, 0.1) is 19.3 Å². The van der Waals surface area contributed by atoms with Crippen molar-refractivity contribution in [3.63, 3.8) is 0 Å². The maximum absolute atomic E-state index is 12.9. The molecule has 0 saturated carbocycles. The molecule has 2 aromatic heterocycles. The van der Waals surface area contributed by atoms with Crippen molar-refractivity contribution < 1.29 is 14.3 Å². The van der Waals surface area contributed by atoms with Gasteiger partial charge in [-0.1, -0.05) is 0 Å². The molecule has 3 aromatic rings. The number of nitrogens with zero attached hydrogens (tertiary/aromatic N) is 5. The van der Waals surface area contributed by atoms with E-state index in [9.17, 15) is 4.79 Å². The fourth-order valence-electron chi connectivity index (χ4n) is 3.36. The third kappa shape index (κ3) is 4.16. The maximum atomic E-state index is 12.9. The van der Waals surface area contributed by atoms with Crippen LogP contribution in [0.4, 0.5) is 0 Å². The Morgan fingerprint density at radius 2 is 1.93 bits per heavy atom. The second-order valence-corrected chi connectivity index (χ2v) is 6.73. The van der Waals surface area contributed by atoms with Crippen LogP contribution >= 0.6 is 0 Å². The van der Waals surface area contributed by atoms with Gasteiger partial charge in [-0.25, -0.2) is 9.97 Å². The Labute approximate surface area is 168 Å². The Hall–Kier alpha value is -3.55. The molecule has 0 N–H and O–H groups in total. The van der Waals surface area contributed by atoms with Crippen LogP contribution in [0.25, 0.3) is 0 Å². The average Bonchev–Trinajstić information content (AvgIpc) is 3.24. The molecule has 29 heavy (non-hydrogen) atoms. The standard InChI is InChI=1S/C21H21N5O3/c1-14-12-19(29-16-7-5-15(28-2)6-8-16)25-20(24-14)18-4-3-11-26(18)21(27)17-13-22-9-10-23-17/h5-10,12-13,18H,3-4,11H2,1-2H3. The minimum Gasteiger partial charge on any atom is -0.497 e. The molecule has 1 atom stereocenters. The summed E-state index contributed by atoms with van der Waals surface area (Å²) < 4.78 is 11.1. The minimum atomic E-state index is -0.220. The number of aromatic nitrogens is 4. The number of methoxy groups -OCH3 is 1. The largest absolute Gasteiger partial charge is 0.497 e. The third-order valence-corrected chi connectivity index (χ3v) is 4.72. The minimum absolute atomic E-state index is 0.164. The fraction of sp³-hybridized carbons (Fsp3) is 0.286. The second-order valence-electron chi connectivity index (χ2n) is 6.73. The predicted octanol–water partition coefficient (Wildman–Crippen LogP) is 3.35. The van der Waals surface area contributed by atoms with Gasteiger partial charge in [-0.15, -0.1) is 0 Å². The van der Waals surface area contributed by atoms with E-state index in [2.05, 4.69) is 19.9 Å². The van der Waals surface area contributed by atoms with Crippen LogP contribution in [-0.4, -0.2) is 44.4 Å². The first-order valence-electron chi connectivity index (χ1n) is 9.38. The van der Waals surface area contributed by atoms with Crippen molar-refractivity contribution in [3.8, 4) is 17.4 Å². The number of hydrogen-bond donors (Lipinski definition) is 0. The van der Waals surface area contributed by atoms with E-state index in [4.69, 9.17) is 9.47 Å². The normalized spacial score (nSPS) is 15.9. The van der Waals surface area contributed by atoms with Crippen molar-refractivity contribution >= 4 is 5.91 Å². The van der Waals surface area contributed by atoms with Crippen LogP contribution in [0, 0.1) is 6.92 Å². The molecular formula is C21H21N5O3. The van der Waals surface area contributed by atoms with E-state index in [1.54, 1.807) is 24.3 Å². The number of rotatable bonds is 5. The van der Waals surface area contributed by atoms with Crippen molar-refractivity contribution in [1.82, 2.24) is 24.8 Å². The van der Waals surface area contributed by atoms with Crippen LogP contribution in [0.1, 0.15) is 40.9 Å². The van der Waals surface area contributed by atoms with Crippen molar-refractivity contribution in [3.05, 3.63) is 66.1 Å². The summed E-state index contributed by atoms with van der Waals surface area (Å²) in [6.45, 7) is 2.52.